The zero-order valence-corrected chi connectivity index (χ0v) is 11.2. The van der Waals surface area contributed by atoms with Crippen molar-refractivity contribution in [2.24, 2.45) is 17.8 Å². The van der Waals surface area contributed by atoms with Crippen LogP contribution < -0.4 is 0 Å². The maximum absolute atomic E-state index is 11.9. The molecule has 0 aromatic heterocycles. The zero-order chi connectivity index (χ0) is 12.1. The van der Waals surface area contributed by atoms with Gasteiger partial charge < -0.3 is 0 Å². The number of rotatable bonds is 4. The molecule has 0 radical (unpaired) electrons. The summed E-state index contributed by atoms with van der Waals surface area (Å²) in [4.78, 5) is 11.9. The molecule has 0 heterocycles. The Morgan fingerprint density at radius 3 is 2.65 bits per heavy atom. The number of ketones is 1. The van der Waals surface area contributed by atoms with E-state index in [1.54, 1.807) is 0 Å². The molecule has 17 heavy (non-hydrogen) atoms. The third-order valence-corrected chi connectivity index (χ3v) is 4.64. The van der Waals surface area contributed by atoms with Crippen molar-refractivity contribution in [3.8, 4) is 0 Å². The molecule has 1 nitrogen and oxygen atoms in total. The molecule has 1 heteroatoms. The molecule has 1 atom stereocenters. The van der Waals surface area contributed by atoms with Gasteiger partial charge in [-0.05, 0) is 31.1 Å². The first kappa shape index (κ1) is 12.9. The van der Waals surface area contributed by atoms with Gasteiger partial charge in [-0.2, -0.15) is 0 Å². The van der Waals surface area contributed by atoms with E-state index >= 15 is 0 Å². The van der Waals surface area contributed by atoms with Crippen LogP contribution in [0.15, 0.2) is 12.2 Å². The summed E-state index contributed by atoms with van der Waals surface area (Å²) in [7, 11) is 0. The number of Topliss-reactive ketones (excluding diaryl/α,β-unsaturated/α-hetero) is 1. The minimum absolute atomic E-state index is 0.274. The maximum atomic E-state index is 11.9. The lowest BCUT2D eigenvalue weighted by molar-refractivity contribution is -0.123. The largest absolute Gasteiger partial charge is 0.299 e. The van der Waals surface area contributed by atoms with Gasteiger partial charge in [-0.1, -0.05) is 51.2 Å². The van der Waals surface area contributed by atoms with Crippen LogP contribution in [0.25, 0.3) is 0 Å². The van der Waals surface area contributed by atoms with Crippen molar-refractivity contribution >= 4 is 5.78 Å². The SMILES string of the molecule is CCCCC1CCC(C2C=CCCC2=O)CC1. The topological polar surface area (TPSA) is 17.1 Å². The molecule has 0 aliphatic heterocycles. The number of unbranched alkanes of at least 4 members (excludes halogenated alkanes) is 1. The van der Waals surface area contributed by atoms with Crippen molar-refractivity contribution in [1.29, 1.82) is 0 Å². The first-order valence-electron chi connectivity index (χ1n) is 7.50. The average molecular weight is 234 g/mol. The molecular weight excluding hydrogens is 208 g/mol. The molecular formula is C16H26O. The minimum Gasteiger partial charge on any atom is -0.299 e. The molecule has 0 bridgehead atoms. The van der Waals surface area contributed by atoms with Gasteiger partial charge in [0, 0.05) is 12.3 Å². The van der Waals surface area contributed by atoms with E-state index in [2.05, 4.69) is 19.1 Å². The Hall–Kier alpha value is -0.590. The van der Waals surface area contributed by atoms with E-state index in [1.807, 2.05) is 0 Å². The molecule has 0 saturated heterocycles. The summed E-state index contributed by atoms with van der Waals surface area (Å²) in [6, 6.07) is 0. The van der Waals surface area contributed by atoms with Crippen LogP contribution in [0.3, 0.4) is 0 Å². The molecule has 2 aliphatic carbocycles. The average Bonchev–Trinajstić information content (AvgIpc) is 2.38. The van der Waals surface area contributed by atoms with Crippen LogP contribution in [0.5, 0.6) is 0 Å². The standard InChI is InChI=1S/C16H26O/c1-2-3-6-13-9-11-14(12-10-13)15-7-4-5-8-16(15)17/h4,7,13-15H,2-3,5-6,8-12H2,1H3. The fourth-order valence-electron chi connectivity index (χ4n) is 3.49. The van der Waals surface area contributed by atoms with Crippen LogP contribution in [0.1, 0.15) is 64.7 Å². The smallest absolute Gasteiger partial charge is 0.140 e. The predicted octanol–water partition coefficient (Wildman–Crippen LogP) is 4.52. The van der Waals surface area contributed by atoms with Crippen LogP contribution in [-0.4, -0.2) is 5.78 Å². The minimum atomic E-state index is 0.274. The van der Waals surface area contributed by atoms with Gasteiger partial charge >= 0.3 is 0 Å². The van der Waals surface area contributed by atoms with Crippen molar-refractivity contribution in [2.45, 2.75) is 64.7 Å². The number of hydrogen-bond acceptors (Lipinski definition) is 1. The second-order valence-electron chi connectivity index (χ2n) is 5.88. The van der Waals surface area contributed by atoms with E-state index in [-0.39, 0.29) is 5.92 Å². The molecule has 96 valence electrons. The van der Waals surface area contributed by atoms with Gasteiger partial charge in [0.15, 0.2) is 0 Å². The van der Waals surface area contributed by atoms with Crippen LogP contribution in [0.4, 0.5) is 0 Å². The molecule has 1 saturated carbocycles. The first-order chi connectivity index (χ1) is 8.31. The number of allylic oxidation sites excluding steroid dienone is 2. The van der Waals surface area contributed by atoms with Gasteiger partial charge in [-0.3, -0.25) is 4.79 Å². The quantitative estimate of drug-likeness (QED) is 0.654. The van der Waals surface area contributed by atoms with Crippen molar-refractivity contribution in [3.63, 3.8) is 0 Å². The Bertz CT molecular complexity index is 271. The van der Waals surface area contributed by atoms with Gasteiger partial charge in [0.1, 0.15) is 5.78 Å². The number of carbonyl (C=O) groups excluding carboxylic acids is 1. The van der Waals surface area contributed by atoms with Gasteiger partial charge in [-0.25, -0.2) is 0 Å². The molecule has 2 aliphatic rings. The summed E-state index contributed by atoms with van der Waals surface area (Å²) in [5.41, 5.74) is 0. The van der Waals surface area contributed by atoms with E-state index in [9.17, 15) is 4.79 Å². The van der Waals surface area contributed by atoms with Crippen molar-refractivity contribution in [3.05, 3.63) is 12.2 Å². The molecule has 0 aromatic carbocycles. The van der Waals surface area contributed by atoms with E-state index < -0.39 is 0 Å². The van der Waals surface area contributed by atoms with Crippen LogP contribution in [-0.2, 0) is 4.79 Å². The van der Waals surface area contributed by atoms with Crippen LogP contribution in [0.2, 0.25) is 0 Å². The van der Waals surface area contributed by atoms with Crippen molar-refractivity contribution in [1.82, 2.24) is 0 Å². The lowest BCUT2D eigenvalue weighted by Gasteiger charge is -2.33. The normalized spacial score (nSPS) is 33.9. The third kappa shape index (κ3) is 3.43. The second-order valence-corrected chi connectivity index (χ2v) is 5.88. The fraction of sp³-hybridized carbons (Fsp3) is 0.812. The lowest BCUT2D eigenvalue weighted by Crippen LogP contribution is -2.27. The predicted molar refractivity (Wildman–Crippen MR) is 71.8 cm³/mol. The highest BCUT2D eigenvalue weighted by atomic mass is 16.1. The summed E-state index contributed by atoms with van der Waals surface area (Å²) in [6.07, 6.45) is 15.6. The Morgan fingerprint density at radius 1 is 1.24 bits per heavy atom. The summed E-state index contributed by atoms with van der Waals surface area (Å²) < 4.78 is 0. The Morgan fingerprint density at radius 2 is 2.00 bits per heavy atom. The zero-order valence-electron chi connectivity index (χ0n) is 11.2. The van der Waals surface area contributed by atoms with E-state index in [0.29, 0.717) is 11.7 Å². The molecule has 2 rings (SSSR count). The molecule has 0 spiro atoms. The van der Waals surface area contributed by atoms with Crippen LogP contribution >= 0.6 is 0 Å². The molecule has 0 N–H and O–H groups in total. The van der Waals surface area contributed by atoms with Crippen molar-refractivity contribution in [2.75, 3.05) is 0 Å². The molecule has 1 fully saturated rings. The van der Waals surface area contributed by atoms with E-state index in [1.165, 1.54) is 44.9 Å². The second kappa shape index (κ2) is 6.37. The highest BCUT2D eigenvalue weighted by molar-refractivity contribution is 5.84. The Kier molecular flexibility index (Phi) is 4.82. The van der Waals surface area contributed by atoms with Gasteiger partial charge in [0.2, 0.25) is 0 Å². The summed E-state index contributed by atoms with van der Waals surface area (Å²) in [5, 5.41) is 0. The third-order valence-electron chi connectivity index (χ3n) is 4.64. The summed E-state index contributed by atoms with van der Waals surface area (Å²) >= 11 is 0. The molecule has 0 aromatic rings. The summed E-state index contributed by atoms with van der Waals surface area (Å²) in [6.45, 7) is 2.27. The van der Waals surface area contributed by atoms with E-state index in [0.717, 1.165) is 18.8 Å². The lowest BCUT2D eigenvalue weighted by atomic mass is 9.72. The van der Waals surface area contributed by atoms with Crippen molar-refractivity contribution < 1.29 is 4.79 Å². The van der Waals surface area contributed by atoms with Crippen LogP contribution in [0, 0.1) is 17.8 Å². The number of carbonyl (C=O) groups is 1. The maximum Gasteiger partial charge on any atom is 0.140 e. The first-order valence-corrected chi connectivity index (χ1v) is 7.50. The highest BCUT2D eigenvalue weighted by Gasteiger charge is 2.30. The molecule has 1 unspecified atom stereocenters. The Balaban J connectivity index is 1.80. The molecule has 0 amide bonds. The monoisotopic (exact) mass is 234 g/mol. The van der Waals surface area contributed by atoms with E-state index in [4.69, 9.17) is 0 Å². The Labute approximate surface area is 106 Å². The highest BCUT2D eigenvalue weighted by Crippen LogP contribution is 2.37. The number of hydrogen-bond donors (Lipinski definition) is 0. The van der Waals surface area contributed by atoms with Gasteiger partial charge in [0.05, 0.1) is 0 Å². The van der Waals surface area contributed by atoms with Gasteiger partial charge in [0.25, 0.3) is 0 Å². The van der Waals surface area contributed by atoms with Gasteiger partial charge in [-0.15, -0.1) is 0 Å². The summed E-state index contributed by atoms with van der Waals surface area (Å²) in [5.74, 6) is 2.39. The fourth-order valence-corrected chi connectivity index (χ4v) is 3.49.